The molecule has 1 heterocycles. The van der Waals surface area contributed by atoms with Crippen LogP contribution in [0.2, 0.25) is 0 Å². The number of anilines is 1. The maximum atomic E-state index is 13.8. The Morgan fingerprint density at radius 2 is 1.84 bits per heavy atom. The summed E-state index contributed by atoms with van der Waals surface area (Å²) in [7, 11) is 1.72. The van der Waals surface area contributed by atoms with E-state index in [-0.39, 0.29) is 12.3 Å². The number of hydrogen-bond donors (Lipinski definition) is 3. The third-order valence-electron chi connectivity index (χ3n) is 6.91. The third kappa shape index (κ3) is 10.7. The second-order valence-corrected chi connectivity index (χ2v) is 10.0. The monoisotopic (exact) mass is 525 g/mol. The number of aldehydes is 1. The van der Waals surface area contributed by atoms with Gasteiger partial charge in [-0.15, -0.1) is 6.58 Å². The molecule has 1 amide bonds. The minimum Gasteiger partial charge on any atom is -0.388 e. The summed E-state index contributed by atoms with van der Waals surface area (Å²) < 4.78 is 13.8. The Morgan fingerprint density at radius 1 is 1.16 bits per heavy atom. The zero-order chi connectivity index (χ0) is 28.7. The summed E-state index contributed by atoms with van der Waals surface area (Å²) in [6, 6.07) is 4.29. The maximum Gasteiger partial charge on any atom is 0.224 e. The Morgan fingerprint density at radius 3 is 2.39 bits per heavy atom. The zero-order valence-electron chi connectivity index (χ0n) is 24.5. The lowest BCUT2D eigenvalue weighted by Gasteiger charge is -2.13. The van der Waals surface area contributed by atoms with Crippen molar-refractivity contribution in [2.75, 3.05) is 18.9 Å². The molecule has 5 nitrogen and oxygen atoms in total. The standard InChI is InChI=1S/C24H32FN3O2.C8H16/c1-6-17(7-2)13-27-24(30)12-20-15(3)23(28-16(20)4)10-18(14-29)21-11-19(25)8-9-22(21)26-5;1-4-5-6-7-8(2)3/h8-11,14,17,26,28H,6-7,12-13H2,1-5H3,(H,27,30);2,4-7H2,1,3H3/b18-10+;. The second-order valence-electron chi connectivity index (χ2n) is 10.0. The quantitative estimate of drug-likeness (QED) is 0.102. The molecule has 0 fully saturated rings. The van der Waals surface area contributed by atoms with Gasteiger partial charge in [-0.2, -0.15) is 0 Å². The number of carbonyl (C=O) groups is 2. The molecule has 2 rings (SSSR count). The molecule has 6 heteroatoms. The van der Waals surface area contributed by atoms with Crippen LogP contribution < -0.4 is 10.6 Å². The van der Waals surface area contributed by atoms with Crippen LogP contribution in [0.3, 0.4) is 0 Å². The minimum absolute atomic E-state index is 0.0131. The predicted octanol–water partition coefficient (Wildman–Crippen LogP) is 7.79. The van der Waals surface area contributed by atoms with Gasteiger partial charge in [0, 0.05) is 41.8 Å². The van der Waals surface area contributed by atoms with Crippen molar-refractivity contribution in [1.82, 2.24) is 10.3 Å². The molecule has 0 aliphatic rings. The topological polar surface area (TPSA) is 74.0 Å². The Hall–Kier alpha value is -3.15. The molecule has 1 aromatic heterocycles. The summed E-state index contributed by atoms with van der Waals surface area (Å²) in [5.74, 6) is 0.0652. The molecule has 0 bridgehead atoms. The predicted molar refractivity (Wildman–Crippen MR) is 160 cm³/mol. The van der Waals surface area contributed by atoms with Gasteiger partial charge < -0.3 is 15.6 Å². The van der Waals surface area contributed by atoms with Crippen LogP contribution >= 0.6 is 0 Å². The van der Waals surface area contributed by atoms with Crippen LogP contribution in [0.15, 0.2) is 30.4 Å². The first kappa shape index (κ1) is 32.9. The van der Waals surface area contributed by atoms with Crippen LogP contribution in [0.4, 0.5) is 10.1 Å². The Kier molecular flexibility index (Phi) is 15.0. The highest BCUT2D eigenvalue weighted by atomic mass is 19.1. The molecule has 0 saturated heterocycles. The second kappa shape index (κ2) is 17.4. The molecule has 0 aliphatic carbocycles. The number of nitrogens with one attached hydrogen (secondary N) is 3. The summed E-state index contributed by atoms with van der Waals surface area (Å²) in [5.41, 5.74) is 6.28. The van der Waals surface area contributed by atoms with Crippen molar-refractivity contribution in [3.63, 3.8) is 0 Å². The average Bonchev–Trinajstić information content (AvgIpc) is 3.15. The van der Waals surface area contributed by atoms with Gasteiger partial charge in [-0.3, -0.25) is 9.59 Å². The van der Waals surface area contributed by atoms with Crippen molar-refractivity contribution >= 4 is 29.5 Å². The van der Waals surface area contributed by atoms with E-state index in [0.29, 0.717) is 35.6 Å². The minimum atomic E-state index is -0.411. The maximum absolute atomic E-state index is 13.8. The van der Waals surface area contributed by atoms with Crippen LogP contribution in [-0.4, -0.2) is 30.8 Å². The lowest BCUT2D eigenvalue weighted by molar-refractivity contribution is -0.120. The smallest absolute Gasteiger partial charge is 0.224 e. The van der Waals surface area contributed by atoms with E-state index in [2.05, 4.69) is 49.9 Å². The summed E-state index contributed by atoms with van der Waals surface area (Å²) in [6.07, 6.45) is 9.98. The van der Waals surface area contributed by atoms with Gasteiger partial charge in [-0.1, -0.05) is 52.0 Å². The van der Waals surface area contributed by atoms with Crippen LogP contribution in [-0.2, 0) is 16.0 Å². The fourth-order valence-electron chi connectivity index (χ4n) is 4.26. The number of aromatic amines is 1. The van der Waals surface area contributed by atoms with E-state index in [9.17, 15) is 14.0 Å². The van der Waals surface area contributed by atoms with Crippen LogP contribution in [0, 0.1) is 25.6 Å². The Bertz CT molecular complexity index is 1080. The highest BCUT2D eigenvalue weighted by Crippen LogP contribution is 2.28. The third-order valence-corrected chi connectivity index (χ3v) is 6.91. The molecule has 0 aliphatic heterocycles. The summed E-state index contributed by atoms with van der Waals surface area (Å²) in [6.45, 7) is 16.9. The first-order chi connectivity index (χ1) is 18.1. The molecular formula is C32H48FN3O2. The zero-order valence-corrected chi connectivity index (χ0v) is 24.5. The number of aromatic nitrogens is 1. The van der Waals surface area contributed by atoms with Gasteiger partial charge >= 0.3 is 0 Å². The number of benzene rings is 1. The molecule has 0 radical (unpaired) electrons. The molecule has 210 valence electrons. The summed E-state index contributed by atoms with van der Waals surface area (Å²) >= 11 is 0. The van der Waals surface area contributed by atoms with E-state index in [1.54, 1.807) is 19.2 Å². The Labute approximate surface area is 229 Å². The van der Waals surface area contributed by atoms with Crippen molar-refractivity contribution in [1.29, 1.82) is 0 Å². The van der Waals surface area contributed by atoms with E-state index in [0.717, 1.165) is 35.4 Å². The average molecular weight is 526 g/mol. The Balaban J connectivity index is 0.000000781. The van der Waals surface area contributed by atoms with Gasteiger partial charge in [-0.25, -0.2) is 4.39 Å². The highest BCUT2D eigenvalue weighted by molar-refractivity contribution is 6.15. The number of allylic oxidation sites excluding steroid dienone is 2. The number of rotatable bonds is 14. The SMILES string of the molecule is C=C(C)CCCCC.CCC(CC)CNC(=O)Cc1c(C)[nH]c(/C=C(\C=O)c2cc(F)ccc2NC)c1C. The number of unbranched alkanes of at least 4 members (excludes halogenated alkanes) is 2. The first-order valence-electron chi connectivity index (χ1n) is 13.8. The van der Waals surface area contributed by atoms with Crippen molar-refractivity contribution in [3.8, 4) is 0 Å². The fraction of sp³-hybridized carbons (Fsp3) is 0.500. The number of aryl methyl sites for hydroxylation is 1. The van der Waals surface area contributed by atoms with E-state index in [1.807, 2.05) is 13.8 Å². The van der Waals surface area contributed by atoms with Gasteiger partial charge in [0.15, 0.2) is 6.29 Å². The normalized spacial score (nSPS) is 11.1. The molecule has 2 aromatic rings. The van der Waals surface area contributed by atoms with Crippen molar-refractivity contribution in [2.45, 2.75) is 86.5 Å². The molecule has 38 heavy (non-hydrogen) atoms. The fourth-order valence-corrected chi connectivity index (χ4v) is 4.26. The molecule has 0 spiro atoms. The first-order valence-corrected chi connectivity index (χ1v) is 13.8. The number of carbonyl (C=O) groups excluding carboxylic acids is 2. The molecule has 0 atom stereocenters. The van der Waals surface area contributed by atoms with Gasteiger partial charge in [0.25, 0.3) is 0 Å². The van der Waals surface area contributed by atoms with Gasteiger partial charge in [0.2, 0.25) is 5.91 Å². The van der Waals surface area contributed by atoms with Crippen molar-refractivity contribution < 1.29 is 14.0 Å². The largest absolute Gasteiger partial charge is 0.388 e. The number of halogens is 1. The van der Waals surface area contributed by atoms with Gasteiger partial charge in [0.05, 0.1) is 6.42 Å². The molecule has 3 N–H and O–H groups in total. The van der Waals surface area contributed by atoms with Crippen molar-refractivity contribution in [2.24, 2.45) is 5.92 Å². The van der Waals surface area contributed by atoms with E-state index >= 15 is 0 Å². The van der Waals surface area contributed by atoms with Crippen LogP contribution in [0.1, 0.15) is 94.3 Å². The summed E-state index contributed by atoms with van der Waals surface area (Å²) in [5, 5.41) is 6.01. The van der Waals surface area contributed by atoms with Crippen molar-refractivity contribution in [3.05, 3.63) is 64.2 Å². The van der Waals surface area contributed by atoms with E-state index in [4.69, 9.17) is 0 Å². The van der Waals surface area contributed by atoms with Gasteiger partial charge in [-0.05, 0) is 74.9 Å². The number of H-pyrrole nitrogens is 1. The summed E-state index contributed by atoms with van der Waals surface area (Å²) in [4.78, 5) is 27.5. The molecule has 0 unspecified atom stereocenters. The highest BCUT2D eigenvalue weighted by Gasteiger charge is 2.16. The van der Waals surface area contributed by atoms with Crippen LogP contribution in [0.5, 0.6) is 0 Å². The van der Waals surface area contributed by atoms with E-state index in [1.165, 1.54) is 43.4 Å². The van der Waals surface area contributed by atoms with Gasteiger partial charge in [0.1, 0.15) is 5.82 Å². The number of hydrogen-bond acceptors (Lipinski definition) is 3. The molecule has 1 aromatic carbocycles. The van der Waals surface area contributed by atoms with E-state index < -0.39 is 5.82 Å². The molecular weight excluding hydrogens is 477 g/mol. The molecule has 0 saturated carbocycles. The van der Waals surface area contributed by atoms with Crippen LogP contribution in [0.25, 0.3) is 11.6 Å². The lowest BCUT2D eigenvalue weighted by atomic mass is 10.0. The lowest BCUT2D eigenvalue weighted by Crippen LogP contribution is -2.30. The number of amides is 1.